The maximum atomic E-state index is 15.0. The first kappa shape index (κ1) is 20.1. The maximum absolute atomic E-state index is 15.0. The van der Waals surface area contributed by atoms with Gasteiger partial charge in [-0.05, 0) is 43.3 Å². The predicted molar refractivity (Wildman–Crippen MR) is 109 cm³/mol. The number of aromatic nitrogens is 4. The molecule has 0 N–H and O–H groups in total. The molecular formula is C22H15F4N5O. The molecule has 0 aliphatic carbocycles. The van der Waals surface area contributed by atoms with Gasteiger partial charge in [-0.1, -0.05) is 0 Å². The number of nitrogens with zero attached hydrogens (tertiary/aromatic N) is 5. The summed E-state index contributed by atoms with van der Waals surface area (Å²) in [5, 5.41) is 4.38. The molecule has 5 rings (SSSR count). The smallest absolute Gasteiger partial charge is 0.302 e. The van der Waals surface area contributed by atoms with Crippen LogP contribution in [0.25, 0.3) is 22.3 Å². The van der Waals surface area contributed by atoms with Crippen LogP contribution >= 0.6 is 0 Å². The molecule has 0 saturated carbocycles. The van der Waals surface area contributed by atoms with Crippen LogP contribution in [0.5, 0.6) is 0 Å². The minimum atomic E-state index is -4.46. The molecule has 32 heavy (non-hydrogen) atoms. The van der Waals surface area contributed by atoms with Crippen molar-refractivity contribution in [1.29, 1.82) is 0 Å². The number of hydrogen-bond donors (Lipinski definition) is 0. The van der Waals surface area contributed by atoms with Gasteiger partial charge in [0.15, 0.2) is 5.82 Å². The fourth-order valence-electron chi connectivity index (χ4n) is 3.79. The molecule has 0 fully saturated rings. The van der Waals surface area contributed by atoms with Crippen molar-refractivity contribution >= 4 is 22.5 Å². The topological polar surface area (TPSA) is 63.9 Å². The van der Waals surface area contributed by atoms with Crippen molar-refractivity contribution in [2.75, 3.05) is 11.4 Å². The third kappa shape index (κ3) is 3.28. The fraction of sp³-hybridized carbons (Fsp3) is 0.182. The molecule has 1 aliphatic rings. The molecular weight excluding hydrogens is 426 g/mol. The standard InChI is InChI=1S/C22H15F4N5O/c1-12-10-28-31-7-6-30(21(32)19(12)31)18-5-2-13(9-16(18)23)20-27-11-14-8-15(22(24,25)26)3-4-17(14)29-20/h2-5,8-11H,6-7H2,1H3. The summed E-state index contributed by atoms with van der Waals surface area (Å²) in [6.45, 7) is 2.50. The molecule has 0 bridgehead atoms. The van der Waals surface area contributed by atoms with Crippen molar-refractivity contribution in [3.63, 3.8) is 0 Å². The van der Waals surface area contributed by atoms with Gasteiger partial charge >= 0.3 is 6.18 Å². The zero-order valence-electron chi connectivity index (χ0n) is 16.7. The van der Waals surface area contributed by atoms with E-state index in [4.69, 9.17) is 0 Å². The summed E-state index contributed by atoms with van der Waals surface area (Å²) in [7, 11) is 0. The van der Waals surface area contributed by atoms with Crippen LogP contribution in [0.1, 0.15) is 21.6 Å². The Morgan fingerprint density at radius 2 is 1.84 bits per heavy atom. The Kier molecular flexibility index (Phi) is 4.47. The van der Waals surface area contributed by atoms with Gasteiger partial charge in [0.2, 0.25) is 0 Å². The number of benzene rings is 2. The van der Waals surface area contributed by atoms with E-state index >= 15 is 0 Å². The summed E-state index contributed by atoms with van der Waals surface area (Å²) in [5.74, 6) is -0.792. The molecule has 0 radical (unpaired) electrons. The molecule has 0 spiro atoms. The van der Waals surface area contributed by atoms with Crippen molar-refractivity contribution in [2.45, 2.75) is 19.6 Å². The van der Waals surface area contributed by atoms with E-state index in [1.165, 1.54) is 29.3 Å². The number of amides is 1. The van der Waals surface area contributed by atoms with Crippen LogP contribution in [0.3, 0.4) is 0 Å². The zero-order chi connectivity index (χ0) is 22.6. The van der Waals surface area contributed by atoms with Gasteiger partial charge in [0.25, 0.3) is 5.91 Å². The zero-order valence-corrected chi connectivity index (χ0v) is 16.7. The molecule has 162 valence electrons. The van der Waals surface area contributed by atoms with Gasteiger partial charge in [-0.25, -0.2) is 14.4 Å². The minimum absolute atomic E-state index is 0.126. The van der Waals surface area contributed by atoms with Crippen molar-refractivity contribution in [3.8, 4) is 11.4 Å². The number of rotatable bonds is 2. The van der Waals surface area contributed by atoms with E-state index < -0.39 is 17.6 Å². The Labute approximate surface area is 179 Å². The van der Waals surface area contributed by atoms with Crippen LogP contribution in [0.2, 0.25) is 0 Å². The molecule has 4 aromatic rings. The molecule has 2 aromatic heterocycles. The Morgan fingerprint density at radius 3 is 2.59 bits per heavy atom. The van der Waals surface area contributed by atoms with Crippen LogP contribution in [-0.4, -0.2) is 32.2 Å². The third-order valence-corrected chi connectivity index (χ3v) is 5.41. The van der Waals surface area contributed by atoms with Gasteiger partial charge in [-0.3, -0.25) is 9.48 Å². The number of fused-ring (bicyclic) bond motifs is 2. The maximum Gasteiger partial charge on any atom is 0.416 e. The monoisotopic (exact) mass is 441 g/mol. The molecule has 1 amide bonds. The first-order valence-corrected chi connectivity index (χ1v) is 9.70. The van der Waals surface area contributed by atoms with E-state index in [1.807, 2.05) is 0 Å². The summed E-state index contributed by atoms with van der Waals surface area (Å²) < 4.78 is 55.3. The quantitative estimate of drug-likeness (QED) is 0.426. The van der Waals surface area contributed by atoms with E-state index in [-0.39, 0.29) is 29.3 Å². The second kappa shape index (κ2) is 7.11. The van der Waals surface area contributed by atoms with E-state index in [9.17, 15) is 22.4 Å². The Morgan fingerprint density at radius 1 is 1.03 bits per heavy atom. The van der Waals surface area contributed by atoms with Crippen LogP contribution in [-0.2, 0) is 12.7 Å². The molecule has 3 heterocycles. The number of aryl methyl sites for hydroxylation is 1. The molecule has 2 aromatic carbocycles. The molecule has 6 nitrogen and oxygen atoms in total. The first-order valence-electron chi connectivity index (χ1n) is 9.70. The number of carbonyl (C=O) groups is 1. The van der Waals surface area contributed by atoms with Gasteiger partial charge in [0.1, 0.15) is 11.5 Å². The van der Waals surface area contributed by atoms with Crippen molar-refractivity contribution in [2.24, 2.45) is 0 Å². The lowest BCUT2D eigenvalue weighted by molar-refractivity contribution is -0.137. The normalized spacial score (nSPS) is 14.2. The number of hydrogen-bond acceptors (Lipinski definition) is 4. The molecule has 10 heteroatoms. The highest BCUT2D eigenvalue weighted by Crippen LogP contribution is 2.32. The third-order valence-electron chi connectivity index (χ3n) is 5.41. The second-order valence-electron chi connectivity index (χ2n) is 7.49. The van der Waals surface area contributed by atoms with Gasteiger partial charge < -0.3 is 4.90 Å². The minimum Gasteiger partial charge on any atom is -0.302 e. The predicted octanol–water partition coefficient (Wildman–Crippen LogP) is 4.62. The highest BCUT2D eigenvalue weighted by molar-refractivity contribution is 6.06. The van der Waals surface area contributed by atoms with Crippen molar-refractivity contribution < 1.29 is 22.4 Å². The first-order chi connectivity index (χ1) is 15.2. The fourth-order valence-corrected chi connectivity index (χ4v) is 3.79. The number of alkyl halides is 3. The summed E-state index contributed by atoms with van der Waals surface area (Å²) in [4.78, 5) is 22.6. The molecule has 0 atom stereocenters. The lowest BCUT2D eigenvalue weighted by Crippen LogP contribution is -2.41. The van der Waals surface area contributed by atoms with E-state index in [2.05, 4.69) is 15.1 Å². The molecule has 0 saturated heterocycles. The van der Waals surface area contributed by atoms with Crippen LogP contribution in [0, 0.1) is 12.7 Å². The van der Waals surface area contributed by atoms with Gasteiger partial charge in [-0.15, -0.1) is 0 Å². The summed E-state index contributed by atoms with van der Waals surface area (Å²) in [6, 6.07) is 7.44. The van der Waals surface area contributed by atoms with E-state index in [0.717, 1.165) is 17.7 Å². The Balaban J connectivity index is 1.47. The molecule has 0 unspecified atom stereocenters. The summed E-state index contributed by atoms with van der Waals surface area (Å²) in [6.07, 6.45) is -1.59. The Hall–Kier alpha value is -3.82. The lowest BCUT2D eigenvalue weighted by Gasteiger charge is -2.28. The second-order valence-corrected chi connectivity index (χ2v) is 7.49. The molecule has 1 aliphatic heterocycles. The van der Waals surface area contributed by atoms with Gasteiger partial charge in [-0.2, -0.15) is 18.3 Å². The Bertz CT molecular complexity index is 1380. The van der Waals surface area contributed by atoms with Gasteiger partial charge in [0, 0.05) is 29.3 Å². The van der Waals surface area contributed by atoms with E-state index in [0.29, 0.717) is 23.3 Å². The average molecular weight is 441 g/mol. The highest BCUT2D eigenvalue weighted by atomic mass is 19.4. The van der Waals surface area contributed by atoms with E-state index in [1.54, 1.807) is 23.9 Å². The highest BCUT2D eigenvalue weighted by Gasteiger charge is 2.31. The number of anilines is 1. The van der Waals surface area contributed by atoms with Crippen molar-refractivity contribution in [1.82, 2.24) is 19.7 Å². The number of carbonyl (C=O) groups excluding carboxylic acids is 1. The van der Waals surface area contributed by atoms with Crippen LogP contribution < -0.4 is 4.90 Å². The SMILES string of the molecule is Cc1cnn2c1C(=O)N(c1ccc(-c3ncc4cc(C(F)(F)F)ccc4n3)cc1F)CC2. The lowest BCUT2D eigenvalue weighted by atomic mass is 10.1. The summed E-state index contributed by atoms with van der Waals surface area (Å²) >= 11 is 0. The van der Waals surface area contributed by atoms with Crippen LogP contribution in [0.15, 0.2) is 48.8 Å². The average Bonchev–Trinajstić information content (AvgIpc) is 3.14. The van der Waals surface area contributed by atoms with Crippen molar-refractivity contribution in [3.05, 3.63) is 71.4 Å². The summed E-state index contributed by atoms with van der Waals surface area (Å²) in [5.41, 5.74) is 1.13. The largest absolute Gasteiger partial charge is 0.416 e. The number of halogens is 4. The van der Waals surface area contributed by atoms with Gasteiger partial charge in [0.05, 0.1) is 29.5 Å². The van der Waals surface area contributed by atoms with Crippen LogP contribution in [0.4, 0.5) is 23.2 Å².